The van der Waals surface area contributed by atoms with Gasteiger partial charge in [-0.05, 0) is 36.1 Å². The molecule has 96 valence electrons. The van der Waals surface area contributed by atoms with E-state index in [2.05, 4.69) is 16.0 Å². The fourth-order valence-corrected chi connectivity index (χ4v) is 2.84. The van der Waals surface area contributed by atoms with Crippen molar-refractivity contribution in [2.45, 2.75) is 17.7 Å². The van der Waals surface area contributed by atoms with E-state index in [1.807, 2.05) is 30.3 Å². The Labute approximate surface area is 122 Å². The number of halogens is 2. The van der Waals surface area contributed by atoms with Crippen LogP contribution in [0.5, 0.6) is 0 Å². The van der Waals surface area contributed by atoms with Crippen LogP contribution in [0.3, 0.4) is 0 Å². The number of hydrogen-bond acceptors (Lipinski definition) is 2. The van der Waals surface area contributed by atoms with Crippen molar-refractivity contribution in [2.75, 3.05) is 0 Å². The standard InChI is InChI=1S/C15H12Cl2N2/c16-14-15(17,12-5-3-9-18-10-12)8-7-11-4-1-2-6-13(11)19-14/h1-6,9-10H,7-8H2. The van der Waals surface area contributed by atoms with E-state index in [9.17, 15) is 0 Å². The lowest BCUT2D eigenvalue weighted by molar-refractivity contribution is 0.714. The molecule has 0 saturated carbocycles. The molecule has 0 spiro atoms. The molecule has 1 aromatic heterocycles. The summed E-state index contributed by atoms with van der Waals surface area (Å²) in [7, 11) is 0. The number of para-hydroxylation sites is 1. The van der Waals surface area contributed by atoms with E-state index in [1.165, 1.54) is 5.56 Å². The molecule has 4 heteroatoms. The highest BCUT2D eigenvalue weighted by Crippen LogP contribution is 2.41. The molecular weight excluding hydrogens is 279 g/mol. The zero-order valence-corrected chi connectivity index (χ0v) is 11.7. The van der Waals surface area contributed by atoms with Gasteiger partial charge in [0.1, 0.15) is 10.0 Å². The molecule has 0 fully saturated rings. The van der Waals surface area contributed by atoms with Crippen LogP contribution in [0.2, 0.25) is 0 Å². The summed E-state index contributed by atoms with van der Waals surface area (Å²) in [6.07, 6.45) is 5.02. The van der Waals surface area contributed by atoms with Gasteiger partial charge >= 0.3 is 0 Å². The summed E-state index contributed by atoms with van der Waals surface area (Å²) in [6.45, 7) is 0. The summed E-state index contributed by atoms with van der Waals surface area (Å²) in [5.74, 6) is 0. The average Bonchev–Trinajstić information content (AvgIpc) is 2.59. The van der Waals surface area contributed by atoms with Gasteiger partial charge in [-0.15, -0.1) is 11.6 Å². The number of nitrogens with zero attached hydrogens (tertiary/aromatic N) is 2. The minimum atomic E-state index is -0.783. The molecule has 1 aromatic carbocycles. The van der Waals surface area contributed by atoms with E-state index in [1.54, 1.807) is 12.4 Å². The Morgan fingerprint density at radius 3 is 2.74 bits per heavy atom. The molecule has 3 rings (SSSR count). The van der Waals surface area contributed by atoms with Gasteiger partial charge in [0.25, 0.3) is 0 Å². The van der Waals surface area contributed by atoms with E-state index in [4.69, 9.17) is 23.2 Å². The Morgan fingerprint density at radius 2 is 1.95 bits per heavy atom. The SMILES string of the molecule is ClC1=Nc2ccccc2CCC1(Cl)c1cccnc1. The van der Waals surface area contributed by atoms with Crippen molar-refractivity contribution in [3.63, 3.8) is 0 Å². The smallest absolute Gasteiger partial charge is 0.132 e. The predicted molar refractivity (Wildman–Crippen MR) is 79.5 cm³/mol. The fourth-order valence-electron chi connectivity index (χ4n) is 2.30. The maximum atomic E-state index is 6.74. The van der Waals surface area contributed by atoms with Gasteiger partial charge in [-0.2, -0.15) is 0 Å². The first-order valence-electron chi connectivity index (χ1n) is 6.12. The lowest BCUT2D eigenvalue weighted by Crippen LogP contribution is -2.26. The number of pyridine rings is 1. The minimum absolute atomic E-state index is 0.409. The second kappa shape index (κ2) is 4.95. The fraction of sp³-hybridized carbons (Fsp3) is 0.200. The largest absolute Gasteiger partial charge is 0.264 e. The van der Waals surface area contributed by atoms with Crippen LogP contribution in [0.4, 0.5) is 5.69 Å². The third-order valence-electron chi connectivity index (χ3n) is 3.40. The van der Waals surface area contributed by atoms with Crippen molar-refractivity contribution >= 4 is 34.1 Å². The lowest BCUT2D eigenvalue weighted by atomic mass is 9.94. The van der Waals surface area contributed by atoms with E-state index in [-0.39, 0.29) is 0 Å². The average molecular weight is 291 g/mol. The van der Waals surface area contributed by atoms with Crippen molar-refractivity contribution < 1.29 is 0 Å². The Hall–Kier alpha value is -1.38. The van der Waals surface area contributed by atoms with Gasteiger partial charge in [-0.3, -0.25) is 4.98 Å². The molecule has 1 aliphatic heterocycles. The van der Waals surface area contributed by atoms with Crippen molar-refractivity contribution in [2.24, 2.45) is 4.99 Å². The van der Waals surface area contributed by atoms with Crippen molar-refractivity contribution in [1.29, 1.82) is 0 Å². The summed E-state index contributed by atoms with van der Waals surface area (Å²) in [5.41, 5.74) is 2.96. The summed E-state index contributed by atoms with van der Waals surface area (Å²) >= 11 is 13.1. The molecule has 2 heterocycles. The van der Waals surface area contributed by atoms with Gasteiger partial charge in [0.15, 0.2) is 0 Å². The maximum absolute atomic E-state index is 6.74. The molecule has 1 atom stereocenters. The van der Waals surface area contributed by atoms with E-state index in [0.717, 1.165) is 17.7 Å². The predicted octanol–water partition coefficient (Wildman–Crippen LogP) is 4.43. The Kier molecular flexibility index (Phi) is 3.29. The van der Waals surface area contributed by atoms with E-state index < -0.39 is 4.87 Å². The topological polar surface area (TPSA) is 25.2 Å². The van der Waals surface area contributed by atoms with Crippen LogP contribution in [-0.4, -0.2) is 10.2 Å². The Bertz CT molecular complexity index is 625. The maximum Gasteiger partial charge on any atom is 0.132 e. The number of benzene rings is 1. The van der Waals surface area contributed by atoms with Gasteiger partial charge in [-0.1, -0.05) is 35.9 Å². The summed E-state index contributed by atoms with van der Waals surface area (Å²) in [5, 5.41) is 0.409. The molecule has 0 amide bonds. The molecule has 0 N–H and O–H groups in total. The number of rotatable bonds is 1. The number of aryl methyl sites for hydroxylation is 1. The van der Waals surface area contributed by atoms with Gasteiger partial charge in [0.05, 0.1) is 5.69 Å². The summed E-state index contributed by atoms with van der Waals surface area (Å²) in [6, 6.07) is 11.8. The Balaban J connectivity index is 2.08. The van der Waals surface area contributed by atoms with Crippen molar-refractivity contribution in [3.8, 4) is 0 Å². The van der Waals surface area contributed by atoms with Gasteiger partial charge in [0.2, 0.25) is 0 Å². The quantitative estimate of drug-likeness (QED) is 0.713. The molecule has 0 saturated heterocycles. The first-order chi connectivity index (χ1) is 9.20. The highest BCUT2D eigenvalue weighted by molar-refractivity contribution is 6.72. The molecule has 1 unspecified atom stereocenters. The molecule has 19 heavy (non-hydrogen) atoms. The van der Waals surface area contributed by atoms with Gasteiger partial charge in [0, 0.05) is 12.4 Å². The first kappa shape index (κ1) is 12.6. The van der Waals surface area contributed by atoms with Crippen LogP contribution in [0.1, 0.15) is 17.5 Å². The number of alkyl halides is 1. The van der Waals surface area contributed by atoms with Crippen LogP contribution in [-0.2, 0) is 11.3 Å². The van der Waals surface area contributed by atoms with Crippen LogP contribution < -0.4 is 0 Å². The van der Waals surface area contributed by atoms with E-state index >= 15 is 0 Å². The third kappa shape index (κ3) is 2.26. The summed E-state index contributed by atoms with van der Waals surface area (Å²) < 4.78 is 0. The number of aliphatic imine (C=N–C) groups is 1. The monoisotopic (exact) mass is 290 g/mol. The number of aromatic nitrogens is 1. The van der Waals surface area contributed by atoms with Crippen LogP contribution in [0.15, 0.2) is 53.8 Å². The highest BCUT2D eigenvalue weighted by atomic mass is 35.5. The van der Waals surface area contributed by atoms with Crippen LogP contribution in [0.25, 0.3) is 0 Å². The minimum Gasteiger partial charge on any atom is -0.264 e. The molecule has 1 aliphatic rings. The molecule has 2 nitrogen and oxygen atoms in total. The van der Waals surface area contributed by atoms with Crippen molar-refractivity contribution in [1.82, 2.24) is 4.98 Å². The normalized spacial score (nSPS) is 22.3. The first-order valence-corrected chi connectivity index (χ1v) is 6.88. The van der Waals surface area contributed by atoms with Crippen LogP contribution in [0, 0.1) is 0 Å². The van der Waals surface area contributed by atoms with Crippen LogP contribution >= 0.6 is 23.2 Å². The third-order valence-corrected chi connectivity index (χ3v) is 4.49. The number of hydrogen-bond donors (Lipinski definition) is 0. The molecule has 0 radical (unpaired) electrons. The van der Waals surface area contributed by atoms with E-state index in [0.29, 0.717) is 11.6 Å². The summed E-state index contributed by atoms with van der Waals surface area (Å²) in [4.78, 5) is 7.83. The number of fused-ring (bicyclic) bond motifs is 1. The lowest BCUT2D eigenvalue weighted by Gasteiger charge is -2.24. The molecule has 0 bridgehead atoms. The highest BCUT2D eigenvalue weighted by Gasteiger charge is 2.36. The molecular formula is C15H12Cl2N2. The zero-order chi connectivity index (χ0) is 13.3. The second-order valence-corrected chi connectivity index (χ2v) is 5.58. The van der Waals surface area contributed by atoms with Gasteiger partial charge < -0.3 is 0 Å². The second-order valence-electron chi connectivity index (χ2n) is 4.57. The van der Waals surface area contributed by atoms with Gasteiger partial charge in [-0.25, -0.2) is 4.99 Å². The zero-order valence-electron chi connectivity index (χ0n) is 10.2. The molecule has 0 aliphatic carbocycles. The molecule has 2 aromatic rings. The Morgan fingerprint density at radius 1 is 1.11 bits per heavy atom. The van der Waals surface area contributed by atoms with Crippen molar-refractivity contribution in [3.05, 3.63) is 59.9 Å².